The molecule has 0 radical (unpaired) electrons. The van der Waals surface area contributed by atoms with Gasteiger partial charge in [0.15, 0.2) is 0 Å². The molecule has 0 aliphatic rings. The van der Waals surface area contributed by atoms with Gasteiger partial charge in [0.2, 0.25) is 0 Å². The third-order valence-corrected chi connectivity index (χ3v) is 1.89. The Balaban J connectivity index is 4.87. The van der Waals surface area contributed by atoms with Crippen molar-refractivity contribution in [1.82, 2.24) is 5.01 Å². The van der Waals surface area contributed by atoms with Gasteiger partial charge in [0.25, 0.3) is 0 Å². The first kappa shape index (κ1) is 12.1. The Morgan fingerprint density at radius 1 is 1.38 bits per heavy atom. The molecule has 0 atom stereocenters. The van der Waals surface area contributed by atoms with Crippen molar-refractivity contribution in [3.05, 3.63) is 11.8 Å². The van der Waals surface area contributed by atoms with Crippen LogP contribution < -0.4 is 0 Å². The summed E-state index contributed by atoms with van der Waals surface area (Å²) >= 11 is 0. The topological polar surface area (TPSA) is 39.5 Å². The zero-order chi connectivity index (χ0) is 10.6. The molecule has 0 rings (SSSR count). The fourth-order valence-electron chi connectivity index (χ4n) is 1.36. The van der Waals surface area contributed by atoms with E-state index in [9.17, 15) is 0 Å². The largest absolute Gasteiger partial charge is 0.249 e. The molecular weight excluding hydrogens is 162 g/mol. The van der Waals surface area contributed by atoms with Crippen LogP contribution in [0.4, 0.5) is 0 Å². The van der Waals surface area contributed by atoms with Gasteiger partial charge in [0, 0.05) is 17.2 Å². The number of hydrogen-bond acceptors (Lipinski definition) is 2. The van der Waals surface area contributed by atoms with Crippen molar-refractivity contribution in [3.8, 4) is 0 Å². The van der Waals surface area contributed by atoms with Crippen molar-refractivity contribution < 1.29 is 0 Å². The van der Waals surface area contributed by atoms with Crippen LogP contribution in [-0.2, 0) is 0 Å². The van der Waals surface area contributed by atoms with Crippen LogP contribution in [0.5, 0.6) is 0 Å². The summed E-state index contributed by atoms with van der Waals surface area (Å²) in [5.74, 6) is 0. The minimum atomic E-state index is 0.0452. The van der Waals surface area contributed by atoms with Crippen molar-refractivity contribution in [2.75, 3.05) is 0 Å². The molecule has 0 fully saturated rings. The first-order valence-corrected chi connectivity index (χ1v) is 4.68. The highest BCUT2D eigenvalue weighted by Crippen LogP contribution is 2.29. The average Bonchev–Trinajstić information content (AvgIpc) is 1.96. The zero-order valence-electron chi connectivity index (χ0n) is 9.55. The van der Waals surface area contributed by atoms with Crippen molar-refractivity contribution >= 4 is 0 Å². The Labute approximate surface area is 81.3 Å². The summed E-state index contributed by atoms with van der Waals surface area (Å²) in [5, 5.41) is 5.29. The third kappa shape index (κ3) is 3.17. The number of allylic oxidation sites excluding steroid dienone is 2. The molecule has 0 aliphatic heterocycles. The van der Waals surface area contributed by atoms with Gasteiger partial charge in [-0.15, -0.1) is 0 Å². The lowest BCUT2D eigenvalue weighted by atomic mass is 9.91. The number of nitrogens with one attached hydrogen (secondary N) is 1. The van der Waals surface area contributed by atoms with Gasteiger partial charge in [-0.1, -0.05) is 32.1 Å². The van der Waals surface area contributed by atoms with Gasteiger partial charge in [-0.05, 0) is 20.8 Å². The van der Waals surface area contributed by atoms with E-state index < -0.39 is 0 Å². The van der Waals surface area contributed by atoms with Crippen LogP contribution in [0.3, 0.4) is 0 Å². The minimum absolute atomic E-state index is 0.0452. The first-order chi connectivity index (χ1) is 5.84. The SMILES string of the molecule is C/C=C(\N(N=N)C(C)C)C(C)(C)C. The second-order valence-electron chi connectivity index (χ2n) is 4.46. The van der Waals surface area contributed by atoms with Gasteiger partial charge in [-0.2, -0.15) is 5.53 Å². The molecule has 1 N–H and O–H groups in total. The maximum Gasteiger partial charge on any atom is 0.0483 e. The van der Waals surface area contributed by atoms with Gasteiger partial charge in [0.1, 0.15) is 0 Å². The summed E-state index contributed by atoms with van der Waals surface area (Å²) in [6.07, 6.45) is 2.03. The molecule has 3 heteroatoms. The van der Waals surface area contributed by atoms with Crippen molar-refractivity contribution in [2.24, 2.45) is 10.6 Å². The molecule has 0 amide bonds. The van der Waals surface area contributed by atoms with Crippen LogP contribution in [0, 0.1) is 10.9 Å². The van der Waals surface area contributed by atoms with Gasteiger partial charge in [-0.25, -0.2) is 5.01 Å². The summed E-state index contributed by atoms with van der Waals surface area (Å²) in [6, 6.07) is 0.239. The molecule has 76 valence electrons. The van der Waals surface area contributed by atoms with E-state index in [2.05, 4.69) is 26.0 Å². The van der Waals surface area contributed by atoms with Gasteiger partial charge < -0.3 is 0 Å². The molecule has 0 saturated carbocycles. The average molecular weight is 183 g/mol. The van der Waals surface area contributed by atoms with Crippen LogP contribution in [0.1, 0.15) is 41.5 Å². The Bertz CT molecular complexity index is 199. The van der Waals surface area contributed by atoms with Crippen LogP contribution in [0.15, 0.2) is 17.0 Å². The molecule has 0 heterocycles. The molecule has 13 heavy (non-hydrogen) atoms. The Kier molecular flexibility index (Phi) is 4.11. The molecule has 0 aliphatic carbocycles. The van der Waals surface area contributed by atoms with E-state index in [1.807, 2.05) is 26.8 Å². The van der Waals surface area contributed by atoms with Crippen molar-refractivity contribution in [1.29, 1.82) is 5.53 Å². The summed E-state index contributed by atoms with van der Waals surface area (Å²) in [4.78, 5) is 0. The zero-order valence-corrected chi connectivity index (χ0v) is 9.55. The monoisotopic (exact) mass is 183 g/mol. The lowest BCUT2D eigenvalue weighted by Crippen LogP contribution is -2.31. The number of rotatable bonds is 3. The highest BCUT2D eigenvalue weighted by molar-refractivity contribution is 5.08. The minimum Gasteiger partial charge on any atom is -0.249 e. The van der Waals surface area contributed by atoms with Crippen molar-refractivity contribution in [3.63, 3.8) is 0 Å². The van der Waals surface area contributed by atoms with E-state index in [0.717, 1.165) is 5.70 Å². The van der Waals surface area contributed by atoms with E-state index in [4.69, 9.17) is 5.53 Å². The number of nitrogens with zero attached hydrogens (tertiary/aromatic N) is 2. The highest BCUT2D eigenvalue weighted by atomic mass is 15.5. The molecule has 0 bridgehead atoms. The highest BCUT2D eigenvalue weighted by Gasteiger charge is 2.23. The fourth-order valence-corrected chi connectivity index (χ4v) is 1.36. The predicted octanol–water partition coefficient (Wildman–Crippen LogP) is 3.59. The normalized spacial score (nSPS) is 13.3. The fraction of sp³-hybridized carbons (Fsp3) is 0.800. The molecule has 0 aromatic rings. The molecule has 0 unspecified atom stereocenters. The number of hydrogen-bond donors (Lipinski definition) is 1. The predicted molar refractivity (Wildman–Crippen MR) is 55.3 cm³/mol. The maximum atomic E-state index is 7.11. The van der Waals surface area contributed by atoms with Crippen LogP contribution in [-0.4, -0.2) is 11.1 Å². The summed E-state index contributed by atoms with van der Waals surface area (Å²) < 4.78 is 0. The maximum absolute atomic E-state index is 7.11. The lowest BCUT2D eigenvalue weighted by Gasteiger charge is -2.32. The second-order valence-corrected chi connectivity index (χ2v) is 4.46. The van der Waals surface area contributed by atoms with E-state index in [1.54, 1.807) is 5.01 Å². The van der Waals surface area contributed by atoms with Gasteiger partial charge >= 0.3 is 0 Å². The molecule has 0 aromatic carbocycles. The summed E-state index contributed by atoms with van der Waals surface area (Å²) in [5.41, 5.74) is 8.25. The molecule has 0 saturated heterocycles. The van der Waals surface area contributed by atoms with E-state index >= 15 is 0 Å². The van der Waals surface area contributed by atoms with Gasteiger partial charge in [0.05, 0.1) is 0 Å². The Morgan fingerprint density at radius 3 is 1.92 bits per heavy atom. The third-order valence-electron chi connectivity index (χ3n) is 1.89. The van der Waals surface area contributed by atoms with Crippen LogP contribution in [0.25, 0.3) is 0 Å². The summed E-state index contributed by atoms with van der Waals surface area (Å²) in [6.45, 7) is 12.4. The lowest BCUT2D eigenvalue weighted by molar-refractivity contribution is 0.213. The van der Waals surface area contributed by atoms with Crippen LogP contribution >= 0.6 is 0 Å². The van der Waals surface area contributed by atoms with Gasteiger partial charge in [-0.3, -0.25) is 0 Å². The van der Waals surface area contributed by atoms with E-state index in [0.29, 0.717) is 0 Å². The first-order valence-electron chi connectivity index (χ1n) is 4.68. The molecule has 3 nitrogen and oxygen atoms in total. The standard InChI is InChI=1S/C10H21N3/c1-7-9(10(4,5)6)13(12-11)8(2)3/h7-8,11H,1-6H3/b9-7-,12-11?. The Morgan fingerprint density at radius 2 is 1.85 bits per heavy atom. The molecule has 0 aromatic heterocycles. The molecule has 0 spiro atoms. The Hall–Kier alpha value is -0.860. The summed E-state index contributed by atoms with van der Waals surface area (Å²) in [7, 11) is 0. The smallest absolute Gasteiger partial charge is 0.0483 e. The molecular formula is C10H21N3. The van der Waals surface area contributed by atoms with E-state index in [-0.39, 0.29) is 11.5 Å². The quantitative estimate of drug-likeness (QED) is 0.527. The van der Waals surface area contributed by atoms with Crippen molar-refractivity contribution in [2.45, 2.75) is 47.6 Å². The second kappa shape index (κ2) is 4.40. The van der Waals surface area contributed by atoms with E-state index in [1.165, 1.54) is 0 Å². The van der Waals surface area contributed by atoms with Crippen LogP contribution in [0.2, 0.25) is 0 Å².